The molecule has 0 atom stereocenters. The number of fused-ring (bicyclic) bond motifs is 1. The quantitative estimate of drug-likeness (QED) is 0.175. The van der Waals surface area contributed by atoms with Gasteiger partial charge in [0, 0.05) is 27.7 Å². The van der Waals surface area contributed by atoms with Gasteiger partial charge in [-0.1, -0.05) is 60.1 Å². The van der Waals surface area contributed by atoms with Crippen LogP contribution < -0.4 is 44.7 Å². The minimum Gasteiger partial charge on any atom is -0.870 e. The maximum absolute atomic E-state index is 13.5. The van der Waals surface area contributed by atoms with E-state index in [1.165, 1.54) is 24.3 Å². The van der Waals surface area contributed by atoms with Gasteiger partial charge >= 0.3 is 29.6 Å². The van der Waals surface area contributed by atoms with Crippen molar-refractivity contribution in [2.45, 2.75) is 25.2 Å². The second kappa shape index (κ2) is 13.3. The normalized spacial score (nSPS) is 11.4. The summed E-state index contributed by atoms with van der Waals surface area (Å²) in [6.45, 7) is 3.97. The Morgan fingerprint density at radius 2 is 1.77 bits per heavy atom. The first-order valence-electron chi connectivity index (χ1n) is 11.7. The SMILES string of the molecule is CCOc1cc(Cl)cc(NC(=O)c2cc3ccccc3c(N=Nc3cc(Cl)c(S(=O)(=O)O)cc3CC)c2[O-])c1.[Na+]. The van der Waals surface area contributed by atoms with Crippen LogP contribution in [0.5, 0.6) is 11.5 Å². The number of amides is 1. The average molecular weight is 610 g/mol. The zero-order valence-electron chi connectivity index (χ0n) is 21.7. The van der Waals surface area contributed by atoms with E-state index in [9.17, 15) is 22.9 Å². The van der Waals surface area contributed by atoms with Crippen LogP contribution in [0, 0.1) is 0 Å². The fraction of sp³-hybridized carbons (Fsp3) is 0.148. The van der Waals surface area contributed by atoms with Crippen LogP contribution >= 0.6 is 23.2 Å². The Hall–Kier alpha value is -2.70. The molecule has 0 fully saturated rings. The first-order chi connectivity index (χ1) is 18.5. The predicted octanol–water partition coefficient (Wildman–Crippen LogP) is 4.10. The predicted molar refractivity (Wildman–Crippen MR) is 149 cm³/mol. The van der Waals surface area contributed by atoms with E-state index >= 15 is 0 Å². The molecule has 0 unspecified atom stereocenters. The van der Waals surface area contributed by atoms with E-state index in [2.05, 4.69) is 15.5 Å². The number of nitrogens with zero attached hydrogens (tertiary/aromatic N) is 2. The van der Waals surface area contributed by atoms with Gasteiger partial charge in [-0.15, -0.1) is 0 Å². The third-order valence-electron chi connectivity index (χ3n) is 5.71. The Bertz CT molecular complexity index is 1730. The van der Waals surface area contributed by atoms with Crippen molar-refractivity contribution in [3.63, 3.8) is 0 Å². The van der Waals surface area contributed by atoms with Crippen molar-refractivity contribution in [3.05, 3.63) is 81.8 Å². The zero-order chi connectivity index (χ0) is 28.3. The molecule has 13 heteroatoms. The number of carbonyl (C=O) groups is 1. The number of ether oxygens (including phenoxy) is 1. The Morgan fingerprint density at radius 1 is 1.05 bits per heavy atom. The number of azo groups is 1. The molecule has 0 saturated heterocycles. The molecule has 202 valence electrons. The van der Waals surface area contributed by atoms with Crippen LogP contribution in [0.3, 0.4) is 0 Å². The van der Waals surface area contributed by atoms with Gasteiger partial charge in [-0.25, -0.2) is 0 Å². The first kappa shape index (κ1) is 31.8. The standard InChI is InChI=1S/C27H23Cl2N3O6S.Na/c1-3-15-10-24(39(35,36)37)22(29)14-23(15)31-32-25-20-8-6-5-7-16(20)9-21(26(25)33)27(34)30-18-11-17(28)12-19(13-18)38-4-2;/h5-14,33H,3-4H2,1-2H3,(H,30,34)(H,35,36,37);/q;+1/p-1. The topological polar surface area (TPSA) is 140 Å². The van der Waals surface area contributed by atoms with Gasteiger partial charge in [0.2, 0.25) is 0 Å². The van der Waals surface area contributed by atoms with Gasteiger partial charge < -0.3 is 15.2 Å². The summed E-state index contributed by atoms with van der Waals surface area (Å²) >= 11 is 12.2. The van der Waals surface area contributed by atoms with Crippen molar-refractivity contribution >= 4 is 67.1 Å². The molecule has 0 aliphatic carbocycles. The van der Waals surface area contributed by atoms with Gasteiger partial charge in [-0.2, -0.15) is 18.6 Å². The van der Waals surface area contributed by atoms with Crippen molar-refractivity contribution in [1.29, 1.82) is 0 Å². The Kier molecular flexibility index (Phi) is 10.6. The van der Waals surface area contributed by atoms with Crippen LogP contribution in [-0.4, -0.2) is 25.5 Å². The number of carbonyl (C=O) groups excluding carboxylic acids is 1. The summed E-state index contributed by atoms with van der Waals surface area (Å²) in [5.74, 6) is -0.886. The molecule has 0 aliphatic rings. The Balaban J connectivity index is 0.00000441. The van der Waals surface area contributed by atoms with E-state index in [1.807, 2.05) is 6.92 Å². The molecule has 0 radical (unpaired) electrons. The molecule has 0 aliphatic heterocycles. The monoisotopic (exact) mass is 609 g/mol. The van der Waals surface area contributed by atoms with Gasteiger partial charge in [0.05, 0.1) is 23.0 Å². The molecule has 2 N–H and O–H groups in total. The molecule has 0 heterocycles. The molecule has 4 aromatic rings. The minimum absolute atomic E-state index is 0. The maximum Gasteiger partial charge on any atom is 1.00 e. The van der Waals surface area contributed by atoms with Crippen molar-refractivity contribution in [2.75, 3.05) is 11.9 Å². The van der Waals surface area contributed by atoms with Gasteiger partial charge in [0.15, 0.2) is 0 Å². The van der Waals surface area contributed by atoms with Gasteiger partial charge in [0.1, 0.15) is 10.6 Å². The fourth-order valence-corrected chi connectivity index (χ4v) is 5.20. The number of anilines is 1. The summed E-state index contributed by atoms with van der Waals surface area (Å²) in [5, 5.41) is 25.6. The van der Waals surface area contributed by atoms with Crippen LogP contribution in [0.25, 0.3) is 10.8 Å². The van der Waals surface area contributed by atoms with Crippen molar-refractivity contribution < 1.29 is 57.2 Å². The number of halogens is 2. The third-order valence-corrected chi connectivity index (χ3v) is 7.25. The number of hydrogen-bond donors (Lipinski definition) is 2. The summed E-state index contributed by atoms with van der Waals surface area (Å²) in [6.07, 6.45) is 0.338. The Labute approximate surface area is 263 Å². The molecule has 4 rings (SSSR count). The van der Waals surface area contributed by atoms with Gasteiger partial charge in [0.25, 0.3) is 16.0 Å². The number of hydrogen-bond acceptors (Lipinski definition) is 7. The maximum atomic E-state index is 13.5. The molecule has 0 saturated carbocycles. The third kappa shape index (κ3) is 7.13. The fourth-order valence-electron chi connectivity index (χ4n) is 3.92. The van der Waals surface area contributed by atoms with E-state index in [-0.39, 0.29) is 51.5 Å². The van der Waals surface area contributed by atoms with E-state index in [0.717, 1.165) is 0 Å². The molecular weight excluding hydrogens is 588 g/mol. The molecular formula is C27H22Cl2N3NaO6S. The second-order valence-corrected chi connectivity index (χ2v) is 10.6. The molecule has 40 heavy (non-hydrogen) atoms. The van der Waals surface area contributed by atoms with Gasteiger partial charge in [-0.05, 0) is 54.6 Å². The second-order valence-electron chi connectivity index (χ2n) is 8.33. The van der Waals surface area contributed by atoms with E-state index in [0.29, 0.717) is 45.8 Å². The van der Waals surface area contributed by atoms with E-state index in [4.69, 9.17) is 27.9 Å². The zero-order valence-corrected chi connectivity index (χ0v) is 26.1. The van der Waals surface area contributed by atoms with Crippen molar-refractivity contribution in [1.82, 2.24) is 0 Å². The van der Waals surface area contributed by atoms with Crippen molar-refractivity contribution in [2.24, 2.45) is 10.2 Å². The molecule has 9 nitrogen and oxygen atoms in total. The molecule has 4 aromatic carbocycles. The van der Waals surface area contributed by atoms with Gasteiger partial charge in [-0.3, -0.25) is 9.35 Å². The molecule has 0 spiro atoms. The summed E-state index contributed by atoms with van der Waals surface area (Å²) in [6, 6.07) is 15.5. The Morgan fingerprint density at radius 3 is 2.45 bits per heavy atom. The molecule has 0 aromatic heterocycles. The molecule has 1 amide bonds. The first-order valence-corrected chi connectivity index (χ1v) is 13.9. The smallest absolute Gasteiger partial charge is 0.870 e. The summed E-state index contributed by atoms with van der Waals surface area (Å²) in [5.41, 5.74) is 0.711. The van der Waals surface area contributed by atoms with Crippen LogP contribution in [0.2, 0.25) is 10.0 Å². The van der Waals surface area contributed by atoms with E-state index < -0.39 is 26.7 Å². The van der Waals surface area contributed by atoms with Crippen molar-refractivity contribution in [3.8, 4) is 11.5 Å². The minimum atomic E-state index is -4.55. The number of nitrogens with one attached hydrogen (secondary N) is 1. The number of aryl methyl sites for hydroxylation is 1. The average Bonchev–Trinajstić information content (AvgIpc) is 2.87. The summed E-state index contributed by atoms with van der Waals surface area (Å²) in [7, 11) is -4.55. The van der Waals surface area contributed by atoms with Crippen LogP contribution in [0.15, 0.2) is 75.8 Å². The van der Waals surface area contributed by atoms with Crippen LogP contribution in [0.1, 0.15) is 29.8 Å². The summed E-state index contributed by atoms with van der Waals surface area (Å²) in [4.78, 5) is 12.7. The van der Waals surface area contributed by atoms with Crippen LogP contribution in [0.4, 0.5) is 17.1 Å². The number of benzene rings is 4. The van der Waals surface area contributed by atoms with E-state index in [1.54, 1.807) is 43.3 Å². The molecule has 0 bridgehead atoms. The summed E-state index contributed by atoms with van der Waals surface area (Å²) < 4.78 is 38.1. The van der Waals surface area contributed by atoms with Crippen LogP contribution in [-0.2, 0) is 16.5 Å². The number of rotatable bonds is 8. The largest absolute Gasteiger partial charge is 1.00 e.